The third-order valence-corrected chi connectivity index (χ3v) is 4.91. The highest BCUT2D eigenvalue weighted by Gasteiger charge is 2.17. The van der Waals surface area contributed by atoms with E-state index < -0.39 is 12.0 Å². The number of rotatable bonds is 7. The Kier molecular flexibility index (Phi) is 7.61. The second-order valence-corrected chi connectivity index (χ2v) is 7.02. The van der Waals surface area contributed by atoms with Crippen molar-refractivity contribution in [2.24, 2.45) is 0 Å². The van der Waals surface area contributed by atoms with Crippen LogP contribution in [0.2, 0.25) is 0 Å². The number of thioether (sulfide) groups is 1. The average molecular weight is 396 g/mol. The Hall–Kier alpha value is -2.39. The van der Waals surface area contributed by atoms with E-state index in [1.807, 2.05) is 0 Å². The molecule has 0 radical (unpaired) electrons. The predicted molar refractivity (Wildman–Crippen MR) is 99.2 cm³/mol. The number of hydrogen-bond acceptors (Lipinski definition) is 6. The van der Waals surface area contributed by atoms with Gasteiger partial charge in [0.05, 0.1) is 12.2 Å². The number of imide groups is 1. The standard InChI is InChI=1S/C17H17FN2O4S2/c1-2-24-17(23)20-15(22)13-7-9-26-16(13)19-14(21)8-10-25-12-5-3-11(18)4-6-12/h3-7,9H,2,8,10H2,1H3,(H,19,21)(H,20,22,23). The molecule has 1 aromatic carbocycles. The molecule has 0 saturated carbocycles. The zero-order valence-electron chi connectivity index (χ0n) is 13.9. The fourth-order valence-electron chi connectivity index (χ4n) is 1.89. The smallest absolute Gasteiger partial charge is 0.414 e. The lowest BCUT2D eigenvalue weighted by Crippen LogP contribution is -2.31. The van der Waals surface area contributed by atoms with E-state index in [0.717, 1.165) is 4.90 Å². The lowest BCUT2D eigenvalue weighted by molar-refractivity contribution is -0.115. The number of carbonyl (C=O) groups excluding carboxylic acids is 3. The number of carbonyl (C=O) groups is 3. The van der Waals surface area contributed by atoms with Gasteiger partial charge in [-0.05, 0) is 42.6 Å². The van der Waals surface area contributed by atoms with E-state index in [1.165, 1.54) is 41.3 Å². The highest BCUT2D eigenvalue weighted by atomic mass is 32.2. The van der Waals surface area contributed by atoms with Crippen LogP contribution < -0.4 is 10.6 Å². The number of thiophene rings is 1. The molecule has 0 aliphatic carbocycles. The van der Waals surface area contributed by atoms with Crippen LogP contribution in [0.15, 0.2) is 40.6 Å². The maximum atomic E-state index is 12.8. The van der Waals surface area contributed by atoms with Crippen LogP contribution in [0.1, 0.15) is 23.7 Å². The quantitative estimate of drug-likeness (QED) is 0.694. The molecule has 0 aliphatic rings. The summed E-state index contributed by atoms with van der Waals surface area (Å²) >= 11 is 2.61. The summed E-state index contributed by atoms with van der Waals surface area (Å²) in [6.45, 7) is 1.78. The Labute approximate surface area is 158 Å². The molecule has 2 rings (SSSR count). The molecular weight excluding hydrogens is 379 g/mol. The van der Waals surface area contributed by atoms with Crippen molar-refractivity contribution in [3.05, 3.63) is 47.1 Å². The Morgan fingerprint density at radius 3 is 2.62 bits per heavy atom. The number of alkyl carbamates (subject to hydrolysis) is 1. The van der Waals surface area contributed by atoms with Gasteiger partial charge in [-0.2, -0.15) is 0 Å². The number of hydrogen-bond donors (Lipinski definition) is 2. The molecule has 0 aliphatic heterocycles. The minimum Gasteiger partial charge on any atom is -0.450 e. The molecule has 3 amide bonds. The molecule has 0 fully saturated rings. The average Bonchev–Trinajstić information content (AvgIpc) is 3.05. The molecule has 26 heavy (non-hydrogen) atoms. The molecule has 0 unspecified atom stereocenters. The summed E-state index contributed by atoms with van der Waals surface area (Å²) in [7, 11) is 0. The van der Waals surface area contributed by atoms with Gasteiger partial charge < -0.3 is 10.1 Å². The van der Waals surface area contributed by atoms with Crippen molar-refractivity contribution in [1.29, 1.82) is 0 Å². The molecule has 0 bridgehead atoms. The molecule has 9 heteroatoms. The van der Waals surface area contributed by atoms with Crippen LogP contribution in [-0.2, 0) is 9.53 Å². The van der Waals surface area contributed by atoms with Crippen molar-refractivity contribution in [3.8, 4) is 0 Å². The first-order chi connectivity index (χ1) is 12.5. The topological polar surface area (TPSA) is 84.5 Å². The van der Waals surface area contributed by atoms with Crippen LogP contribution in [-0.4, -0.2) is 30.3 Å². The summed E-state index contributed by atoms with van der Waals surface area (Å²) in [6.07, 6.45) is -0.615. The molecule has 0 spiro atoms. The number of amides is 3. The normalized spacial score (nSPS) is 10.2. The Morgan fingerprint density at radius 2 is 1.92 bits per heavy atom. The summed E-state index contributed by atoms with van der Waals surface area (Å²) in [4.78, 5) is 36.3. The van der Waals surface area contributed by atoms with Gasteiger partial charge in [-0.25, -0.2) is 9.18 Å². The van der Waals surface area contributed by atoms with Gasteiger partial charge in [-0.3, -0.25) is 14.9 Å². The first kappa shape index (κ1) is 19.9. The van der Waals surface area contributed by atoms with E-state index in [9.17, 15) is 18.8 Å². The number of ether oxygens (including phenoxy) is 1. The maximum Gasteiger partial charge on any atom is 0.414 e. The van der Waals surface area contributed by atoms with Gasteiger partial charge >= 0.3 is 6.09 Å². The van der Waals surface area contributed by atoms with E-state index in [0.29, 0.717) is 10.8 Å². The van der Waals surface area contributed by atoms with Crippen molar-refractivity contribution < 1.29 is 23.5 Å². The van der Waals surface area contributed by atoms with E-state index >= 15 is 0 Å². The maximum absolute atomic E-state index is 12.8. The molecule has 138 valence electrons. The lowest BCUT2D eigenvalue weighted by Gasteiger charge is -2.07. The first-order valence-corrected chi connectivity index (χ1v) is 9.60. The van der Waals surface area contributed by atoms with Gasteiger partial charge in [0.15, 0.2) is 0 Å². The minimum atomic E-state index is -0.836. The van der Waals surface area contributed by atoms with Crippen LogP contribution in [0.25, 0.3) is 0 Å². The van der Waals surface area contributed by atoms with Crippen LogP contribution >= 0.6 is 23.1 Å². The van der Waals surface area contributed by atoms with E-state index in [2.05, 4.69) is 15.4 Å². The largest absolute Gasteiger partial charge is 0.450 e. The van der Waals surface area contributed by atoms with Gasteiger partial charge in [0.25, 0.3) is 5.91 Å². The molecule has 1 aromatic heterocycles. The fourth-order valence-corrected chi connectivity index (χ4v) is 3.55. The summed E-state index contributed by atoms with van der Waals surface area (Å²) < 4.78 is 17.5. The third kappa shape index (κ3) is 6.16. The summed E-state index contributed by atoms with van der Waals surface area (Å²) in [5.74, 6) is -0.695. The Morgan fingerprint density at radius 1 is 1.19 bits per heavy atom. The molecule has 2 aromatic rings. The van der Waals surface area contributed by atoms with Crippen LogP contribution in [0.4, 0.5) is 14.2 Å². The molecule has 0 saturated heterocycles. The SMILES string of the molecule is CCOC(=O)NC(=O)c1ccsc1NC(=O)CCSc1ccc(F)cc1. The first-order valence-electron chi connectivity index (χ1n) is 7.73. The van der Waals surface area contributed by atoms with Gasteiger partial charge in [-0.15, -0.1) is 23.1 Å². The third-order valence-electron chi connectivity index (χ3n) is 3.07. The molecule has 2 N–H and O–H groups in total. The van der Waals surface area contributed by atoms with Crippen LogP contribution in [0, 0.1) is 5.82 Å². The predicted octanol–water partition coefficient (Wildman–Crippen LogP) is 3.89. The molecule has 0 atom stereocenters. The summed E-state index contributed by atoms with van der Waals surface area (Å²) in [6, 6.07) is 7.54. The van der Waals surface area contributed by atoms with E-state index in [-0.39, 0.29) is 30.3 Å². The van der Waals surface area contributed by atoms with Crippen molar-refractivity contribution in [3.63, 3.8) is 0 Å². The van der Waals surface area contributed by atoms with Gasteiger partial charge in [0, 0.05) is 17.1 Å². The van der Waals surface area contributed by atoms with Gasteiger partial charge in [-0.1, -0.05) is 0 Å². The number of nitrogens with one attached hydrogen (secondary N) is 2. The fraction of sp³-hybridized carbons (Fsp3) is 0.235. The minimum absolute atomic E-state index is 0.151. The monoisotopic (exact) mass is 396 g/mol. The Balaban J connectivity index is 1.83. The van der Waals surface area contributed by atoms with Crippen molar-refractivity contribution >= 4 is 46.0 Å². The van der Waals surface area contributed by atoms with Crippen LogP contribution in [0.5, 0.6) is 0 Å². The zero-order chi connectivity index (χ0) is 18.9. The van der Waals surface area contributed by atoms with Crippen LogP contribution in [0.3, 0.4) is 0 Å². The van der Waals surface area contributed by atoms with Crippen molar-refractivity contribution in [2.75, 3.05) is 17.7 Å². The van der Waals surface area contributed by atoms with Gasteiger partial charge in [0.2, 0.25) is 5.91 Å². The highest BCUT2D eigenvalue weighted by Crippen LogP contribution is 2.24. The number of benzene rings is 1. The Bertz CT molecular complexity index is 777. The van der Waals surface area contributed by atoms with E-state index in [4.69, 9.17) is 0 Å². The second-order valence-electron chi connectivity index (χ2n) is 4.94. The molecule has 1 heterocycles. The van der Waals surface area contributed by atoms with E-state index in [1.54, 1.807) is 24.4 Å². The number of halogens is 1. The lowest BCUT2D eigenvalue weighted by atomic mass is 10.3. The summed E-state index contributed by atoms with van der Waals surface area (Å²) in [5.41, 5.74) is 0.197. The van der Waals surface area contributed by atoms with Crippen molar-refractivity contribution in [1.82, 2.24) is 5.32 Å². The van der Waals surface area contributed by atoms with Gasteiger partial charge in [0.1, 0.15) is 10.8 Å². The van der Waals surface area contributed by atoms with Crippen molar-refractivity contribution in [2.45, 2.75) is 18.2 Å². The second kappa shape index (κ2) is 9.93. The highest BCUT2D eigenvalue weighted by molar-refractivity contribution is 7.99. The molecular formula is C17H17FN2O4S2. The number of anilines is 1. The zero-order valence-corrected chi connectivity index (χ0v) is 15.5. The molecule has 6 nitrogen and oxygen atoms in total. The summed E-state index contributed by atoms with van der Waals surface area (Å²) in [5, 5.41) is 6.76.